The Labute approximate surface area is 125 Å². The smallest absolute Gasteiger partial charge is 0.0543 e. The van der Waals surface area contributed by atoms with Crippen LogP contribution in [-0.4, -0.2) is 9.97 Å². The molecule has 0 aliphatic heterocycles. The van der Waals surface area contributed by atoms with E-state index in [-0.39, 0.29) is 32.7 Å². The van der Waals surface area contributed by atoms with Crippen molar-refractivity contribution in [2.24, 2.45) is 0 Å². The Kier molecular flexibility index (Phi) is 3.65. The van der Waals surface area contributed by atoms with Crippen LogP contribution < -0.4 is 0 Å². The van der Waals surface area contributed by atoms with Gasteiger partial charge in [-0.05, 0) is 11.5 Å². The summed E-state index contributed by atoms with van der Waals surface area (Å²) in [5.74, 6) is 0. The molecule has 0 fully saturated rings. The molecule has 1 radical (unpaired) electrons. The second kappa shape index (κ2) is 5.03. The number of hydrogen-bond donors (Lipinski definition) is 0. The Balaban J connectivity index is 0.00000108. The van der Waals surface area contributed by atoms with Crippen molar-refractivity contribution < 1.29 is 32.7 Å². The third kappa shape index (κ3) is 2.15. The molecule has 2 aromatic heterocycles. The van der Waals surface area contributed by atoms with Gasteiger partial charge in [0.2, 0.25) is 0 Å². The zero-order valence-corrected chi connectivity index (χ0v) is 11.9. The summed E-state index contributed by atoms with van der Waals surface area (Å²) in [5, 5.41) is 2.11. The van der Waals surface area contributed by atoms with Crippen LogP contribution in [0.15, 0.2) is 36.5 Å². The van der Waals surface area contributed by atoms with Crippen LogP contribution in [0.4, 0.5) is 0 Å². The van der Waals surface area contributed by atoms with Gasteiger partial charge < -0.3 is 17.6 Å². The van der Waals surface area contributed by atoms with Gasteiger partial charge in [-0.15, -0.1) is 6.20 Å². The van der Waals surface area contributed by atoms with Crippen molar-refractivity contribution in [3.63, 3.8) is 0 Å². The molecule has 17 heavy (non-hydrogen) atoms. The van der Waals surface area contributed by atoms with Gasteiger partial charge in [-0.2, -0.15) is 0 Å². The summed E-state index contributed by atoms with van der Waals surface area (Å²) in [6.07, 6.45) is 6.15. The van der Waals surface area contributed by atoms with Gasteiger partial charge in [-0.1, -0.05) is 23.6 Å². The number of benzene rings is 1. The Bertz CT molecular complexity index is 692. The average molecular weight is 293 g/mol. The Morgan fingerprint density at radius 1 is 1.12 bits per heavy atom. The maximum absolute atomic E-state index is 5.44. The summed E-state index contributed by atoms with van der Waals surface area (Å²) in [4.78, 5) is 8.62. The SMILES string of the molecule is [CH-]=Cc1[c-]nc2c(ccc3cccnc32)c1.[Y]. The summed E-state index contributed by atoms with van der Waals surface area (Å²) in [7, 11) is 0. The van der Waals surface area contributed by atoms with Gasteiger partial charge in [0.25, 0.3) is 0 Å². The molecule has 1 aromatic carbocycles. The van der Waals surface area contributed by atoms with Crippen molar-refractivity contribution in [2.75, 3.05) is 0 Å². The van der Waals surface area contributed by atoms with Gasteiger partial charge in [0.15, 0.2) is 0 Å². The van der Waals surface area contributed by atoms with Crippen LogP contribution in [0.25, 0.3) is 27.9 Å². The van der Waals surface area contributed by atoms with Crippen LogP contribution in [0, 0.1) is 12.8 Å². The molecule has 0 aliphatic rings. The van der Waals surface area contributed by atoms with E-state index < -0.39 is 0 Å². The third-order valence-corrected chi connectivity index (χ3v) is 2.57. The van der Waals surface area contributed by atoms with Crippen LogP contribution in [0.3, 0.4) is 0 Å². The van der Waals surface area contributed by atoms with E-state index in [2.05, 4.69) is 16.2 Å². The fourth-order valence-corrected chi connectivity index (χ4v) is 1.78. The van der Waals surface area contributed by atoms with E-state index in [0.29, 0.717) is 0 Å². The molecule has 79 valence electrons. The van der Waals surface area contributed by atoms with Crippen molar-refractivity contribution in [3.8, 4) is 0 Å². The van der Waals surface area contributed by atoms with Crippen molar-refractivity contribution >= 4 is 27.9 Å². The Morgan fingerprint density at radius 2 is 1.94 bits per heavy atom. The van der Waals surface area contributed by atoms with Gasteiger partial charge in [-0.3, -0.25) is 10.5 Å². The molecule has 0 spiro atoms. The van der Waals surface area contributed by atoms with E-state index in [1.807, 2.05) is 30.3 Å². The molecule has 0 saturated heterocycles. The molecule has 3 heteroatoms. The molecule has 0 aliphatic carbocycles. The molecule has 0 atom stereocenters. The molecule has 3 rings (SSSR count). The predicted molar refractivity (Wildman–Crippen MR) is 64.6 cm³/mol. The zero-order valence-electron chi connectivity index (χ0n) is 9.09. The number of rotatable bonds is 1. The standard InChI is InChI=1S/C14H8N2.Y/c1-2-10-8-12-6-5-11-4-3-7-15-13(11)14(12)16-9-10;/h1-8H;/q-2;. The molecule has 0 N–H and O–H groups in total. The van der Waals surface area contributed by atoms with Gasteiger partial charge in [0.1, 0.15) is 0 Å². The number of fused-ring (bicyclic) bond motifs is 3. The second-order valence-corrected chi connectivity index (χ2v) is 3.57. The minimum atomic E-state index is 0. The van der Waals surface area contributed by atoms with Crippen LogP contribution in [0.2, 0.25) is 0 Å². The van der Waals surface area contributed by atoms with Crippen molar-refractivity contribution in [2.45, 2.75) is 0 Å². The molecule has 0 amide bonds. The summed E-state index contributed by atoms with van der Waals surface area (Å²) in [6.45, 7) is 5.44. The number of aromatic nitrogens is 2. The molecular formula is C14H8N2Y-2. The zero-order chi connectivity index (χ0) is 11.0. The van der Waals surface area contributed by atoms with Crippen molar-refractivity contribution in [3.05, 3.63) is 54.9 Å². The summed E-state index contributed by atoms with van der Waals surface area (Å²) < 4.78 is 0. The van der Waals surface area contributed by atoms with Crippen molar-refractivity contribution in [1.82, 2.24) is 9.97 Å². The fraction of sp³-hybridized carbons (Fsp3) is 0. The van der Waals surface area contributed by atoms with E-state index in [1.165, 1.54) is 6.08 Å². The molecule has 2 nitrogen and oxygen atoms in total. The van der Waals surface area contributed by atoms with E-state index in [4.69, 9.17) is 6.58 Å². The molecule has 0 saturated carbocycles. The molecule has 0 unspecified atom stereocenters. The van der Waals surface area contributed by atoms with E-state index in [1.54, 1.807) is 6.20 Å². The molecular weight excluding hydrogens is 285 g/mol. The van der Waals surface area contributed by atoms with Gasteiger partial charge in [-0.25, -0.2) is 6.07 Å². The fourth-order valence-electron chi connectivity index (χ4n) is 1.78. The monoisotopic (exact) mass is 293 g/mol. The summed E-state index contributed by atoms with van der Waals surface area (Å²) in [6, 6.07) is 9.95. The Morgan fingerprint density at radius 3 is 2.76 bits per heavy atom. The van der Waals surface area contributed by atoms with E-state index in [9.17, 15) is 0 Å². The maximum Gasteiger partial charge on any atom is 0.0543 e. The largest absolute Gasteiger partial charge is 0.370 e. The van der Waals surface area contributed by atoms with Gasteiger partial charge >= 0.3 is 0 Å². The number of pyridine rings is 2. The normalized spacial score (nSPS) is 10.1. The van der Waals surface area contributed by atoms with Gasteiger partial charge in [0, 0.05) is 44.4 Å². The van der Waals surface area contributed by atoms with Crippen LogP contribution >= 0.6 is 0 Å². The van der Waals surface area contributed by atoms with Crippen LogP contribution in [0.5, 0.6) is 0 Å². The average Bonchev–Trinajstić information content (AvgIpc) is 2.38. The molecule has 3 aromatic rings. The third-order valence-electron chi connectivity index (χ3n) is 2.57. The van der Waals surface area contributed by atoms with Crippen LogP contribution in [-0.2, 0) is 32.7 Å². The van der Waals surface area contributed by atoms with Crippen LogP contribution in [0.1, 0.15) is 5.56 Å². The second-order valence-electron chi connectivity index (χ2n) is 3.57. The van der Waals surface area contributed by atoms with Gasteiger partial charge in [0.05, 0.1) is 5.52 Å². The topological polar surface area (TPSA) is 25.8 Å². The minimum Gasteiger partial charge on any atom is -0.370 e. The predicted octanol–water partition coefficient (Wildman–Crippen LogP) is 3.03. The first-order valence-electron chi connectivity index (χ1n) is 4.99. The first-order valence-corrected chi connectivity index (χ1v) is 4.99. The summed E-state index contributed by atoms with van der Waals surface area (Å²) in [5.41, 5.74) is 2.56. The summed E-state index contributed by atoms with van der Waals surface area (Å²) >= 11 is 0. The Hall–Kier alpha value is -1.12. The van der Waals surface area contributed by atoms with E-state index in [0.717, 1.165) is 27.4 Å². The first kappa shape index (κ1) is 12.3. The van der Waals surface area contributed by atoms with E-state index >= 15 is 0 Å². The first-order chi connectivity index (χ1) is 7.88. The number of hydrogen-bond acceptors (Lipinski definition) is 2. The van der Waals surface area contributed by atoms with Crippen molar-refractivity contribution in [1.29, 1.82) is 0 Å². The molecule has 0 bridgehead atoms. The quantitative estimate of drug-likeness (QED) is 0.509. The molecule has 2 heterocycles. The maximum atomic E-state index is 5.44. The minimum absolute atomic E-state index is 0. The number of nitrogens with zero attached hydrogens (tertiary/aromatic N) is 2.